The van der Waals surface area contributed by atoms with Crippen LogP contribution in [0.15, 0.2) is 48.5 Å². The van der Waals surface area contributed by atoms with Gasteiger partial charge in [0.2, 0.25) is 10.0 Å². The Hall–Kier alpha value is -3.38. The summed E-state index contributed by atoms with van der Waals surface area (Å²) in [6.07, 6.45) is 0.624. The molecule has 0 spiro atoms. The van der Waals surface area contributed by atoms with Gasteiger partial charge in [-0.05, 0) is 54.4 Å². The number of hydrogen-bond donors (Lipinski definition) is 1. The Morgan fingerprint density at radius 2 is 1.82 bits per heavy atom. The van der Waals surface area contributed by atoms with E-state index >= 15 is 0 Å². The summed E-state index contributed by atoms with van der Waals surface area (Å²) < 4.78 is 39.6. The van der Waals surface area contributed by atoms with Crippen LogP contribution in [0.1, 0.15) is 48.0 Å². The summed E-state index contributed by atoms with van der Waals surface area (Å²) in [4.78, 5) is 15.1. The summed E-state index contributed by atoms with van der Waals surface area (Å²) in [5.74, 6) is -0.293. The molecule has 2 N–H and O–H groups in total. The number of hydrogen-bond acceptors (Lipinski definition) is 8. The minimum atomic E-state index is -3.85. The van der Waals surface area contributed by atoms with Crippen molar-refractivity contribution in [3.8, 4) is 17.0 Å². The summed E-state index contributed by atoms with van der Waals surface area (Å²) in [5.41, 5.74) is 4.88. The zero-order valence-corrected chi connectivity index (χ0v) is 23.5. The molecule has 0 bridgehead atoms. The maximum absolute atomic E-state index is 13.5. The zero-order chi connectivity index (χ0) is 28.2. The lowest BCUT2D eigenvalue weighted by Gasteiger charge is -2.29. The lowest BCUT2D eigenvalue weighted by Crippen LogP contribution is -2.37. The predicted molar refractivity (Wildman–Crippen MR) is 148 cm³/mol. The van der Waals surface area contributed by atoms with Gasteiger partial charge in [-0.2, -0.15) is 10.2 Å². The number of benzene rings is 2. The number of nitrogens with two attached hydrogens (primary N) is 1. The number of nitrogens with zero attached hydrogens (tertiary/aromatic N) is 3. The Morgan fingerprint density at radius 3 is 2.49 bits per heavy atom. The first-order chi connectivity index (χ1) is 18.5. The summed E-state index contributed by atoms with van der Waals surface area (Å²) in [6, 6.07) is 14.6. The number of primary sulfonamides is 1. The fourth-order valence-corrected chi connectivity index (χ4v) is 4.95. The zero-order valence-electron chi connectivity index (χ0n) is 22.6. The average molecular weight is 555 g/mol. The van der Waals surface area contributed by atoms with Gasteiger partial charge in [-0.1, -0.05) is 26.8 Å². The Kier molecular flexibility index (Phi) is 8.65. The number of sulfonamides is 1. The van der Waals surface area contributed by atoms with E-state index in [-0.39, 0.29) is 18.1 Å². The van der Waals surface area contributed by atoms with Gasteiger partial charge < -0.3 is 19.1 Å². The highest BCUT2D eigenvalue weighted by molar-refractivity contribution is 7.88. The second kappa shape index (κ2) is 11.8. The molecule has 0 atom stereocenters. The van der Waals surface area contributed by atoms with E-state index in [9.17, 15) is 13.2 Å². The summed E-state index contributed by atoms with van der Waals surface area (Å²) in [6.45, 7) is 7.35. The van der Waals surface area contributed by atoms with Gasteiger partial charge in [-0.15, -0.1) is 0 Å². The second-order valence-corrected chi connectivity index (χ2v) is 12.0. The monoisotopic (exact) mass is 554 g/mol. The quantitative estimate of drug-likeness (QED) is 0.298. The highest BCUT2D eigenvalue weighted by Gasteiger charge is 2.27. The highest BCUT2D eigenvalue weighted by Crippen LogP contribution is 2.32. The minimum Gasteiger partial charge on any atom is -0.467 e. The minimum absolute atomic E-state index is 0.0814. The van der Waals surface area contributed by atoms with Crippen LogP contribution in [0.2, 0.25) is 0 Å². The summed E-state index contributed by atoms with van der Waals surface area (Å²) >= 11 is 0. The number of aromatic nitrogens is 2. The Morgan fingerprint density at radius 1 is 1.03 bits per heavy atom. The number of rotatable bonds is 10. The first-order valence-corrected chi connectivity index (χ1v) is 14.3. The van der Waals surface area contributed by atoms with Gasteiger partial charge in [0.15, 0.2) is 6.79 Å². The van der Waals surface area contributed by atoms with Crippen molar-refractivity contribution >= 4 is 21.6 Å². The average Bonchev–Trinajstić information content (AvgIpc) is 2.88. The Bertz CT molecular complexity index is 1440. The van der Waals surface area contributed by atoms with Crippen LogP contribution in [0.5, 0.6) is 5.75 Å². The molecule has 0 saturated carbocycles. The van der Waals surface area contributed by atoms with Crippen LogP contribution >= 0.6 is 0 Å². The van der Waals surface area contributed by atoms with E-state index in [0.29, 0.717) is 48.7 Å². The van der Waals surface area contributed by atoms with E-state index in [4.69, 9.17) is 19.3 Å². The number of methoxy groups -OCH3 is 1. The molecule has 1 amide bonds. The van der Waals surface area contributed by atoms with Gasteiger partial charge in [0.1, 0.15) is 5.75 Å². The van der Waals surface area contributed by atoms with E-state index in [1.807, 2.05) is 24.3 Å². The van der Waals surface area contributed by atoms with E-state index in [1.54, 1.807) is 36.3 Å². The van der Waals surface area contributed by atoms with Crippen molar-refractivity contribution in [3.05, 3.63) is 70.9 Å². The Labute approximate surface area is 229 Å². The van der Waals surface area contributed by atoms with Crippen LogP contribution < -0.4 is 14.8 Å². The molecular weight excluding hydrogens is 520 g/mol. The van der Waals surface area contributed by atoms with Crippen LogP contribution in [-0.2, 0) is 37.1 Å². The van der Waals surface area contributed by atoms with Gasteiger partial charge in [0.25, 0.3) is 5.91 Å². The normalized spacial score (nSPS) is 13.9. The van der Waals surface area contributed by atoms with Gasteiger partial charge in [0.05, 0.1) is 30.4 Å². The molecule has 1 aliphatic heterocycles. The van der Waals surface area contributed by atoms with E-state index in [2.05, 4.69) is 31.0 Å². The third-order valence-corrected chi connectivity index (χ3v) is 7.07. The molecule has 1 aromatic heterocycles. The first kappa shape index (κ1) is 28.6. The smallest absolute Gasteiger partial charge is 0.258 e. The first-order valence-electron chi connectivity index (χ1n) is 12.6. The van der Waals surface area contributed by atoms with Crippen LogP contribution in [-0.4, -0.2) is 58.2 Å². The lowest BCUT2D eigenvalue weighted by molar-refractivity contribution is -0.00879. The molecule has 0 radical (unpaired) electrons. The van der Waals surface area contributed by atoms with Crippen LogP contribution in [0, 0.1) is 0 Å². The Balaban J connectivity index is 1.55. The molecule has 208 valence electrons. The lowest BCUT2D eigenvalue weighted by atomic mass is 9.91. The number of carbonyl (C=O) groups is 1. The second-order valence-electron chi connectivity index (χ2n) is 10.4. The molecule has 1 aliphatic rings. The maximum atomic E-state index is 13.5. The van der Waals surface area contributed by atoms with Gasteiger partial charge in [-0.3, -0.25) is 4.79 Å². The van der Waals surface area contributed by atoms with Crippen molar-refractivity contribution in [1.82, 2.24) is 10.2 Å². The molecule has 2 heterocycles. The van der Waals surface area contributed by atoms with Crippen molar-refractivity contribution in [3.63, 3.8) is 0 Å². The molecule has 10 nitrogen and oxygen atoms in total. The third-order valence-electron chi connectivity index (χ3n) is 6.36. The van der Waals surface area contributed by atoms with Gasteiger partial charge in [0, 0.05) is 41.4 Å². The van der Waals surface area contributed by atoms with E-state index < -0.39 is 15.8 Å². The fraction of sp³-hybridized carbons (Fsp3) is 0.393. The number of fused-ring (bicyclic) bond motifs is 1. The number of anilines is 1. The van der Waals surface area contributed by atoms with Gasteiger partial charge in [-0.25, -0.2) is 13.6 Å². The SMILES string of the molecule is COCCOCOc1ccc(N2CCc3cc(-c4ccc(C(C)(C)C)nn4)ccc3C2=O)cc1CS(N)(=O)=O. The number of amides is 1. The molecule has 0 fully saturated rings. The van der Waals surface area contributed by atoms with Crippen LogP contribution in [0.25, 0.3) is 11.3 Å². The molecule has 2 aromatic carbocycles. The van der Waals surface area contributed by atoms with Crippen molar-refractivity contribution in [2.24, 2.45) is 5.14 Å². The van der Waals surface area contributed by atoms with E-state index in [1.165, 1.54) is 0 Å². The van der Waals surface area contributed by atoms with Crippen molar-refractivity contribution in [2.45, 2.75) is 38.4 Å². The number of ether oxygens (including phenoxy) is 3. The molecule has 0 unspecified atom stereocenters. The summed E-state index contributed by atoms with van der Waals surface area (Å²) in [5, 5.41) is 14.1. The summed E-state index contributed by atoms with van der Waals surface area (Å²) in [7, 11) is -2.28. The number of carbonyl (C=O) groups excluding carboxylic acids is 1. The molecule has 3 aromatic rings. The van der Waals surface area contributed by atoms with E-state index in [0.717, 1.165) is 22.5 Å². The highest BCUT2D eigenvalue weighted by atomic mass is 32.2. The van der Waals surface area contributed by atoms with Crippen molar-refractivity contribution in [2.75, 3.05) is 38.6 Å². The molecular formula is C28H34N4O6S. The fourth-order valence-electron chi connectivity index (χ4n) is 4.29. The van der Waals surface area contributed by atoms with Crippen LogP contribution in [0.4, 0.5) is 5.69 Å². The largest absolute Gasteiger partial charge is 0.467 e. The molecule has 11 heteroatoms. The van der Waals surface area contributed by atoms with Gasteiger partial charge >= 0.3 is 0 Å². The maximum Gasteiger partial charge on any atom is 0.258 e. The van der Waals surface area contributed by atoms with Crippen LogP contribution in [0.3, 0.4) is 0 Å². The molecule has 0 aliphatic carbocycles. The topological polar surface area (TPSA) is 134 Å². The van der Waals surface area contributed by atoms with Crippen molar-refractivity contribution in [1.29, 1.82) is 0 Å². The molecule has 39 heavy (non-hydrogen) atoms. The molecule has 4 rings (SSSR count). The predicted octanol–water partition coefficient (Wildman–Crippen LogP) is 3.43. The third kappa shape index (κ3) is 7.18. The molecule has 0 saturated heterocycles. The standard InChI is InChI=1S/C28H34N4O6S/c1-28(2,3)26-10-8-24(30-31-26)20-5-7-23-19(15-20)11-12-32(27(23)33)22-6-9-25(38-18-37-14-13-36-4)21(16-22)17-39(29,34)35/h5-10,15-16H,11-14,17-18H2,1-4H3,(H2,29,34,35). The van der Waals surface area contributed by atoms with Crippen molar-refractivity contribution < 1.29 is 27.4 Å².